The number of carbonyl (C=O) groups excluding carboxylic acids is 3. The van der Waals surface area contributed by atoms with Crippen molar-refractivity contribution < 1.29 is 28.6 Å². The number of hydrogen-bond donors (Lipinski definition) is 0. The van der Waals surface area contributed by atoms with Crippen LogP contribution in [-0.4, -0.2) is 37.2 Å². The minimum atomic E-state index is -0.805. The van der Waals surface area contributed by atoms with Gasteiger partial charge in [-0.25, -0.2) is 0 Å². The van der Waals surface area contributed by atoms with E-state index in [2.05, 4.69) is 130 Å². The van der Waals surface area contributed by atoms with E-state index < -0.39 is 6.10 Å². The zero-order chi connectivity index (χ0) is 55.0. The third kappa shape index (κ3) is 60.9. The van der Waals surface area contributed by atoms with Crippen molar-refractivity contribution >= 4 is 17.9 Å². The van der Waals surface area contributed by atoms with Crippen molar-refractivity contribution in [3.63, 3.8) is 0 Å². The molecule has 76 heavy (non-hydrogen) atoms. The van der Waals surface area contributed by atoms with E-state index in [1.54, 1.807) is 0 Å². The lowest BCUT2D eigenvalue weighted by Gasteiger charge is -2.18. The van der Waals surface area contributed by atoms with Crippen molar-refractivity contribution in [1.82, 2.24) is 0 Å². The number of allylic oxidation sites excluding steroid dienone is 18. The Morgan fingerprint density at radius 1 is 0.276 bits per heavy atom. The first-order valence-corrected chi connectivity index (χ1v) is 31.9. The van der Waals surface area contributed by atoms with Crippen molar-refractivity contribution in [3.8, 4) is 0 Å². The largest absolute Gasteiger partial charge is 0.462 e. The molecule has 1 atom stereocenters. The highest BCUT2D eigenvalue weighted by Gasteiger charge is 2.19. The summed E-state index contributed by atoms with van der Waals surface area (Å²) in [6, 6.07) is 0. The van der Waals surface area contributed by atoms with Gasteiger partial charge in [0.05, 0.1) is 0 Å². The summed E-state index contributed by atoms with van der Waals surface area (Å²) in [6.07, 6.45) is 86.9. The average Bonchev–Trinajstić information content (AvgIpc) is 3.42. The molecule has 0 radical (unpaired) electrons. The summed E-state index contributed by atoms with van der Waals surface area (Å²) in [5.41, 5.74) is 0. The van der Waals surface area contributed by atoms with Crippen molar-refractivity contribution in [3.05, 3.63) is 109 Å². The molecule has 0 aliphatic carbocycles. The van der Waals surface area contributed by atoms with Crippen molar-refractivity contribution in [2.45, 2.75) is 303 Å². The van der Waals surface area contributed by atoms with Crippen LogP contribution in [-0.2, 0) is 28.6 Å². The molecule has 0 rings (SSSR count). The maximum Gasteiger partial charge on any atom is 0.306 e. The molecule has 0 spiro atoms. The molecule has 434 valence electrons. The summed E-state index contributed by atoms with van der Waals surface area (Å²) in [6.45, 7) is 6.37. The zero-order valence-electron chi connectivity index (χ0n) is 49.7. The second-order valence-electron chi connectivity index (χ2n) is 20.9. The lowest BCUT2D eigenvalue weighted by molar-refractivity contribution is -0.167. The van der Waals surface area contributed by atoms with E-state index in [-0.39, 0.29) is 37.5 Å². The molecule has 0 aromatic rings. The van der Waals surface area contributed by atoms with Gasteiger partial charge in [0.1, 0.15) is 13.2 Å². The van der Waals surface area contributed by atoms with Crippen LogP contribution < -0.4 is 0 Å². The van der Waals surface area contributed by atoms with Gasteiger partial charge >= 0.3 is 17.9 Å². The Balaban J connectivity index is 4.19. The first-order valence-electron chi connectivity index (χ1n) is 31.9. The smallest absolute Gasteiger partial charge is 0.306 e. The van der Waals surface area contributed by atoms with Crippen molar-refractivity contribution in [2.24, 2.45) is 0 Å². The standard InChI is InChI=1S/C70H118O6/c1-4-7-10-13-16-19-22-24-26-28-29-30-31-32-33-34-35-36-37-38-39-40-41-43-44-46-48-51-54-57-60-63-69(72)75-66-67(65-74-68(71)62-59-56-53-50-21-18-15-12-9-6-3)76-70(73)64-61-58-55-52-49-47-45-42-27-25-23-20-17-14-11-8-5-2/h7-8,10-11,16-17,19-20,24-27,29-30,45,47,52,55,67H,4-6,9,12-15,18,21-23,28,31-44,46,48-51,53-54,56-66H2,1-3H3/b10-7-,11-8-,19-16-,20-17-,26-24-,27-25-,30-29-,47-45-,55-52-. The molecule has 0 aliphatic rings. The van der Waals surface area contributed by atoms with Crippen LogP contribution in [0.5, 0.6) is 0 Å². The topological polar surface area (TPSA) is 78.9 Å². The Morgan fingerprint density at radius 3 is 0.842 bits per heavy atom. The maximum absolute atomic E-state index is 12.8. The predicted octanol–water partition coefficient (Wildman–Crippen LogP) is 21.8. The average molecular weight is 1060 g/mol. The number of hydrogen-bond acceptors (Lipinski definition) is 6. The molecule has 0 amide bonds. The molecule has 0 N–H and O–H groups in total. The van der Waals surface area contributed by atoms with Gasteiger partial charge in [0.25, 0.3) is 0 Å². The lowest BCUT2D eigenvalue weighted by Crippen LogP contribution is -2.30. The van der Waals surface area contributed by atoms with Crippen LogP contribution in [0.3, 0.4) is 0 Å². The van der Waals surface area contributed by atoms with Crippen LogP contribution in [0.4, 0.5) is 0 Å². The van der Waals surface area contributed by atoms with Crippen LogP contribution in [0.25, 0.3) is 0 Å². The second-order valence-corrected chi connectivity index (χ2v) is 20.9. The summed E-state index contributed by atoms with van der Waals surface area (Å²) >= 11 is 0. The summed E-state index contributed by atoms with van der Waals surface area (Å²) < 4.78 is 16.8. The fourth-order valence-electron chi connectivity index (χ4n) is 8.82. The third-order valence-electron chi connectivity index (χ3n) is 13.5. The number of ether oxygens (including phenoxy) is 3. The second kappa shape index (κ2) is 63.6. The summed E-state index contributed by atoms with van der Waals surface area (Å²) in [4.78, 5) is 38.1. The Morgan fingerprint density at radius 2 is 0.526 bits per heavy atom. The van der Waals surface area contributed by atoms with Gasteiger partial charge < -0.3 is 14.2 Å². The molecule has 0 fully saturated rings. The molecule has 0 saturated heterocycles. The van der Waals surface area contributed by atoms with E-state index >= 15 is 0 Å². The summed E-state index contributed by atoms with van der Waals surface area (Å²) in [7, 11) is 0. The fraction of sp³-hybridized carbons (Fsp3) is 0.700. The highest BCUT2D eigenvalue weighted by Crippen LogP contribution is 2.17. The Bertz CT molecular complexity index is 1540. The monoisotopic (exact) mass is 1050 g/mol. The Kier molecular flexibility index (Phi) is 60.3. The Labute approximate surface area is 470 Å². The minimum Gasteiger partial charge on any atom is -0.462 e. The summed E-state index contributed by atoms with van der Waals surface area (Å²) in [5, 5.41) is 0. The van der Waals surface area contributed by atoms with Crippen LogP contribution in [0.15, 0.2) is 109 Å². The molecule has 0 bridgehead atoms. The molecule has 1 unspecified atom stereocenters. The number of esters is 3. The van der Waals surface area contributed by atoms with Gasteiger partial charge in [-0.3, -0.25) is 14.4 Å². The third-order valence-corrected chi connectivity index (χ3v) is 13.5. The summed E-state index contributed by atoms with van der Waals surface area (Å²) in [5.74, 6) is -0.950. The lowest BCUT2D eigenvalue weighted by atomic mass is 10.0. The van der Waals surface area contributed by atoms with E-state index in [9.17, 15) is 14.4 Å². The molecule has 0 aliphatic heterocycles. The molecule has 0 saturated carbocycles. The van der Waals surface area contributed by atoms with Gasteiger partial charge in [0, 0.05) is 19.3 Å². The van der Waals surface area contributed by atoms with Gasteiger partial charge in [-0.05, 0) is 96.3 Å². The van der Waals surface area contributed by atoms with E-state index in [1.165, 1.54) is 148 Å². The van der Waals surface area contributed by atoms with Crippen LogP contribution in [0.2, 0.25) is 0 Å². The molecule has 6 heteroatoms. The van der Waals surface area contributed by atoms with Crippen LogP contribution in [0, 0.1) is 0 Å². The zero-order valence-corrected chi connectivity index (χ0v) is 49.7. The van der Waals surface area contributed by atoms with E-state index in [1.807, 2.05) is 0 Å². The van der Waals surface area contributed by atoms with Gasteiger partial charge in [-0.15, -0.1) is 0 Å². The SMILES string of the molecule is CC/C=C\C/C=C\C/C=C\C/C=C\C/C=C\CCCC(=O)OC(COC(=O)CCCCCCCCCCCC)COC(=O)CCCCCCCCCCCCCCCCCCCC/C=C\C/C=C\C/C=C\C/C=C\CC. The Hall–Kier alpha value is -3.93. The maximum atomic E-state index is 12.8. The van der Waals surface area contributed by atoms with Gasteiger partial charge in [-0.2, -0.15) is 0 Å². The van der Waals surface area contributed by atoms with E-state index in [0.29, 0.717) is 19.3 Å². The minimum absolute atomic E-state index is 0.0975. The highest BCUT2D eigenvalue weighted by molar-refractivity contribution is 5.71. The van der Waals surface area contributed by atoms with E-state index in [0.717, 1.165) is 103 Å². The molecule has 0 heterocycles. The van der Waals surface area contributed by atoms with Crippen molar-refractivity contribution in [2.75, 3.05) is 13.2 Å². The first-order chi connectivity index (χ1) is 37.5. The molecular weight excluding hydrogens is 937 g/mol. The number of carbonyl (C=O) groups is 3. The molecule has 0 aromatic carbocycles. The van der Waals surface area contributed by atoms with Crippen LogP contribution in [0.1, 0.15) is 297 Å². The van der Waals surface area contributed by atoms with Crippen LogP contribution >= 0.6 is 0 Å². The predicted molar refractivity (Wildman–Crippen MR) is 330 cm³/mol. The normalized spacial score (nSPS) is 12.8. The number of unbranched alkanes of at least 4 members (excludes halogenated alkanes) is 28. The molecule has 6 nitrogen and oxygen atoms in total. The molecular formula is C70H118O6. The fourth-order valence-corrected chi connectivity index (χ4v) is 8.82. The van der Waals surface area contributed by atoms with Crippen molar-refractivity contribution in [1.29, 1.82) is 0 Å². The quantitative estimate of drug-likeness (QED) is 0.0261. The first kappa shape index (κ1) is 72.1. The highest BCUT2D eigenvalue weighted by atomic mass is 16.6. The van der Waals surface area contributed by atoms with Gasteiger partial charge in [0.2, 0.25) is 0 Å². The van der Waals surface area contributed by atoms with Gasteiger partial charge in [-0.1, -0.05) is 291 Å². The molecule has 0 aromatic heterocycles. The van der Waals surface area contributed by atoms with E-state index in [4.69, 9.17) is 14.2 Å². The van der Waals surface area contributed by atoms with Gasteiger partial charge in [0.15, 0.2) is 6.10 Å². The number of rotatable bonds is 57.